The van der Waals surface area contributed by atoms with Crippen molar-refractivity contribution in [2.45, 2.75) is 57.3 Å². The Kier molecular flexibility index (Phi) is 4.64. The first-order chi connectivity index (χ1) is 11.0. The first-order valence-corrected chi connectivity index (χ1v) is 8.31. The Bertz CT molecular complexity index is 529. The number of hydrogen-bond donors (Lipinski definition) is 0. The van der Waals surface area contributed by atoms with Gasteiger partial charge in [0, 0.05) is 24.9 Å². The van der Waals surface area contributed by atoms with Crippen molar-refractivity contribution in [1.82, 2.24) is 14.7 Å². The Morgan fingerprint density at radius 2 is 1.96 bits per heavy atom. The highest BCUT2D eigenvalue weighted by atomic mass is 19.4. The summed E-state index contributed by atoms with van der Waals surface area (Å²) in [6.07, 6.45) is 2.59. The van der Waals surface area contributed by atoms with Crippen LogP contribution in [0.25, 0.3) is 0 Å². The molecule has 0 radical (unpaired) electrons. The number of carbonyl (C=O) groups is 1. The molecule has 0 aromatic carbocycles. The fourth-order valence-electron chi connectivity index (χ4n) is 3.97. The standard InChI is InChI=1S/C16H22F3N3O/c17-16(18,19)14-7-2-1-6-13(14)15(23)22-10-3-5-12(22)11-21-9-4-8-20-21/h4,8-9,12-14H,1-3,5-7,10-11H2/t12-,13-,14+/m1/s1. The second-order valence-corrected chi connectivity index (χ2v) is 6.59. The summed E-state index contributed by atoms with van der Waals surface area (Å²) >= 11 is 0. The SMILES string of the molecule is O=C([C@@H]1CCCC[C@@H]1C(F)(F)F)N1CCC[C@@H]1Cn1cccn1. The molecule has 1 aromatic heterocycles. The lowest BCUT2D eigenvalue weighted by atomic mass is 9.78. The van der Waals surface area contributed by atoms with Gasteiger partial charge in [-0.25, -0.2) is 0 Å². The van der Waals surface area contributed by atoms with Crippen molar-refractivity contribution in [3.05, 3.63) is 18.5 Å². The van der Waals surface area contributed by atoms with E-state index < -0.39 is 18.0 Å². The summed E-state index contributed by atoms with van der Waals surface area (Å²) in [5.74, 6) is -2.68. The maximum Gasteiger partial charge on any atom is 0.392 e. The van der Waals surface area contributed by atoms with Crippen molar-refractivity contribution in [3.8, 4) is 0 Å². The maximum atomic E-state index is 13.3. The highest BCUT2D eigenvalue weighted by Crippen LogP contribution is 2.42. The van der Waals surface area contributed by atoms with Crippen LogP contribution < -0.4 is 0 Å². The van der Waals surface area contributed by atoms with Gasteiger partial charge in [0.25, 0.3) is 0 Å². The zero-order valence-corrected chi connectivity index (χ0v) is 13.0. The summed E-state index contributed by atoms with van der Waals surface area (Å²) in [4.78, 5) is 14.5. The number of carbonyl (C=O) groups excluding carboxylic acids is 1. The van der Waals surface area contributed by atoms with Gasteiger partial charge in [-0.05, 0) is 31.7 Å². The van der Waals surface area contributed by atoms with Gasteiger partial charge in [-0.2, -0.15) is 18.3 Å². The van der Waals surface area contributed by atoms with Gasteiger partial charge in [0.05, 0.1) is 18.5 Å². The fourth-order valence-corrected chi connectivity index (χ4v) is 3.97. The van der Waals surface area contributed by atoms with Gasteiger partial charge in [-0.3, -0.25) is 9.48 Å². The van der Waals surface area contributed by atoms with Gasteiger partial charge in [0.15, 0.2) is 0 Å². The molecule has 0 spiro atoms. The lowest BCUT2D eigenvalue weighted by molar-refractivity contribution is -0.201. The average molecular weight is 329 g/mol. The zero-order chi connectivity index (χ0) is 16.4. The van der Waals surface area contributed by atoms with E-state index in [1.807, 2.05) is 12.3 Å². The molecule has 2 heterocycles. The molecule has 3 rings (SSSR count). The van der Waals surface area contributed by atoms with E-state index in [4.69, 9.17) is 0 Å². The smallest absolute Gasteiger partial charge is 0.338 e. The Hall–Kier alpha value is -1.53. The molecule has 0 N–H and O–H groups in total. The molecular weight excluding hydrogens is 307 g/mol. The van der Waals surface area contributed by atoms with Gasteiger partial charge in [-0.1, -0.05) is 12.8 Å². The Morgan fingerprint density at radius 3 is 2.65 bits per heavy atom. The van der Waals surface area contributed by atoms with Crippen LogP contribution >= 0.6 is 0 Å². The van der Waals surface area contributed by atoms with Crippen LogP contribution in [0, 0.1) is 11.8 Å². The molecule has 3 atom stereocenters. The van der Waals surface area contributed by atoms with Crippen LogP contribution in [0.2, 0.25) is 0 Å². The van der Waals surface area contributed by atoms with Crippen molar-refractivity contribution in [2.75, 3.05) is 6.54 Å². The number of nitrogens with zero attached hydrogens (tertiary/aromatic N) is 3. The molecule has 23 heavy (non-hydrogen) atoms. The monoisotopic (exact) mass is 329 g/mol. The second-order valence-electron chi connectivity index (χ2n) is 6.59. The van der Waals surface area contributed by atoms with Crippen molar-refractivity contribution >= 4 is 5.91 Å². The van der Waals surface area contributed by atoms with Crippen LogP contribution in [0.5, 0.6) is 0 Å². The van der Waals surface area contributed by atoms with E-state index in [1.54, 1.807) is 15.8 Å². The second kappa shape index (κ2) is 6.53. The quantitative estimate of drug-likeness (QED) is 0.854. The largest absolute Gasteiger partial charge is 0.392 e. The predicted octanol–water partition coefficient (Wildman–Crippen LogP) is 3.24. The summed E-state index contributed by atoms with van der Waals surface area (Å²) < 4.78 is 41.5. The van der Waals surface area contributed by atoms with E-state index in [9.17, 15) is 18.0 Å². The van der Waals surface area contributed by atoms with E-state index in [2.05, 4.69) is 5.10 Å². The van der Waals surface area contributed by atoms with Gasteiger partial charge in [-0.15, -0.1) is 0 Å². The number of halogens is 3. The minimum Gasteiger partial charge on any atom is -0.338 e. The van der Waals surface area contributed by atoms with Crippen molar-refractivity contribution < 1.29 is 18.0 Å². The third-order valence-electron chi connectivity index (χ3n) is 5.12. The highest BCUT2D eigenvalue weighted by molar-refractivity contribution is 5.80. The summed E-state index contributed by atoms with van der Waals surface area (Å²) in [6, 6.07) is 1.76. The number of hydrogen-bond acceptors (Lipinski definition) is 2. The number of amides is 1. The van der Waals surface area contributed by atoms with Gasteiger partial charge in [0.2, 0.25) is 5.91 Å². The molecule has 1 saturated heterocycles. The van der Waals surface area contributed by atoms with E-state index >= 15 is 0 Å². The summed E-state index contributed by atoms with van der Waals surface area (Å²) in [6.45, 7) is 1.12. The molecule has 4 nitrogen and oxygen atoms in total. The van der Waals surface area contributed by atoms with E-state index in [0.29, 0.717) is 32.4 Å². The highest BCUT2D eigenvalue weighted by Gasteiger charge is 2.49. The number of aromatic nitrogens is 2. The number of rotatable bonds is 3. The van der Waals surface area contributed by atoms with Crippen LogP contribution in [0.1, 0.15) is 38.5 Å². The third kappa shape index (κ3) is 3.53. The molecule has 0 unspecified atom stereocenters. The Balaban J connectivity index is 1.72. The van der Waals surface area contributed by atoms with E-state index in [1.165, 1.54) is 0 Å². The molecule has 2 fully saturated rings. The first-order valence-electron chi connectivity index (χ1n) is 8.31. The number of likely N-dealkylation sites (tertiary alicyclic amines) is 1. The fraction of sp³-hybridized carbons (Fsp3) is 0.750. The minimum absolute atomic E-state index is 0.0433. The molecule has 1 amide bonds. The van der Waals surface area contributed by atoms with Crippen LogP contribution in [-0.2, 0) is 11.3 Å². The molecular formula is C16H22F3N3O. The molecule has 1 aliphatic heterocycles. The molecule has 1 aromatic rings. The first kappa shape index (κ1) is 16.3. The van der Waals surface area contributed by atoms with Crippen molar-refractivity contribution in [1.29, 1.82) is 0 Å². The molecule has 128 valence electrons. The molecule has 2 aliphatic rings. The molecule has 1 saturated carbocycles. The maximum absolute atomic E-state index is 13.3. The summed E-state index contributed by atoms with van der Waals surface area (Å²) in [5.41, 5.74) is 0. The minimum atomic E-state index is -4.28. The average Bonchev–Trinajstić information content (AvgIpc) is 3.18. The lowest BCUT2D eigenvalue weighted by Crippen LogP contribution is -2.47. The predicted molar refractivity (Wildman–Crippen MR) is 78.5 cm³/mol. The lowest BCUT2D eigenvalue weighted by Gasteiger charge is -2.36. The van der Waals surface area contributed by atoms with Crippen LogP contribution in [0.3, 0.4) is 0 Å². The Labute approximate surface area is 133 Å². The summed E-state index contributed by atoms with van der Waals surface area (Å²) in [7, 11) is 0. The van der Waals surface area contributed by atoms with Crippen LogP contribution in [0.15, 0.2) is 18.5 Å². The Morgan fingerprint density at radius 1 is 1.17 bits per heavy atom. The van der Waals surface area contributed by atoms with Crippen LogP contribution in [-0.4, -0.2) is 39.4 Å². The zero-order valence-electron chi connectivity index (χ0n) is 13.0. The molecule has 0 bridgehead atoms. The normalized spacial score (nSPS) is 29.0. The molecule has 1 aliphatic carbocycles. The van der Waals surface area contributed by atoms with Gasteiger partial charge < -0.3 is 4.90 Å². The number of alkyl halides is 3. The van der Waals surface area contributed by atoms with Gasteiger partial charge >= 0.3 is 6.18 Å². The van der Waals surface area contributed by atoms with Crippen molar-refractivity contribution in [2.24, 2.45) is 11.8 Å². The van der Waals surface area contributed by atoms with Gasteiger partial charge in [0.1, 0.15) is 0 Å². The summed E-state index contributed by atoms with van der Waals surface area (Å²) in [5, 5.41) is 4.14. The van der Waals surface area contributed by atoms with Crippen molar-refractivity contribution in [3.63, 3.8) is 0 Å². The van der Waals surface area contributed by atoms with E-state index in [-0.39, 0.29) is 18.4 Å². The van der Waals surface area contributed by atoms with Crippen LogP contribution in [0.4, 0.5) is 13.2 Å². The van der Waals surface area contributed by atoms with E-state index in [0.717, 1.165) is 12.8 Å². The topological polar surface area (TPSA) is 38.1 Å². The molecule has 7 heteroatoms. The third-order valence-corrected chi connectivity index (χ3v) is 5.12.